The lowest BCUT2D eigenvalue weighted by Crippen LogP contribution is -2.47. The van der Waals surface area contributed by atoms with E-state index in [9.17, 15) is 13.2 Å². The first-order chi connectivity index (χ1) is 14.4. The zero-order chi connectivity index (χ0) is 21.1. The van der Waals surface area contributed by atoms with Gasteiger partial charge in [-0.05, 0) is 12.1 Å². The molecule has 4 rings (SSSR count). The molecule has 30 heavy (non-hydrogen) atoms. The van der Waals surface area contributed by atoms with E-state index in [0.717, 1.165) is 6.07 Å². The number of piperazine rings is 1. The van der Waals surface area contributed by atoms with E-state index in [2.05, 4.69) is 24.9 Å². The SMILES string of the molecule is COc1cncc(N2CCN(c3cc(C(F)(F)F)nc(-c4ccccn4)n3)CC2)n1. The number of pyridine rings is 1. The molecule has 11 heteroatoms. The molecule has 0 N–H and O–H groups in total. The summed E-state index contributed by atoms with van der Waals surface area (Å²) >= 11 is 0. The van der Waals surface area contributed by atoms with Gasteiger partial charge in [0.1, 0.15) is 11.5 Å². The first-order valence-corrected chi connectivity index (χ1v) is 9.17. The monoisotopic (exact) mass is 417 g/mol. The van der Waals surface area contributed by atoms with Crippen molar-refractivity contribution >= 4 is 11.6 Å². The molecule has 0 radical (unpaired) electrons. The summed E-state index contributed by atoms with van der Waals surface area (Å²) in [5.41, 5.74) is -0.704. The number of ether oxygens (including phenoxy) is 1. The smallest absolute Gasteiger partial charge is 0.433 e. The first-order valence-electron chi connectivity index (χ1n) is 9.17. The summed E-state index contributed by atoms with van der Waals surface area (Å²) in [5.74, 6) is 1.22. The van der Waals surface area contributed by atoms with Crippen LogP contribution in [0, 0.1) is 0 Å². The van der Waals surface area contributed by atoms with Crippen LogP contribution in [0.1, 0.15) is 5.69 Å². The maximum absolute atomic E-state index is 13.4. The Morgan fingerprint density at radius 2 is 1.67 bits per heavy atom. The minimum absolute atomic E-state index is 0.0542. The molecule has 1 saturated heterocycles. The van der Waals surface area contributed by atoms with Gasteiger partial charge < -0.3 is 14.5 Å². The van der Waals surface area contributed by atoms with Gasteiger partial charge in [-0.15, -0.1) is 0 Å². The highest BCUT2D eigenvalue weighted by Gasteiger charge is 2.35. The number of anilines is 2. The number of alkyl halides is 3. The predicted molar refractivity (Wildman–Crippen MR) is 103 cm³/mol. The van der Waals surface area contributed by atoms with Crippen LogP contribution in [0.5, 0.6) is 5.88 Å². The molecular formula is C19H18F3N7O. The topological polar surface area (TPSA) is 80.2 Å². The van der Waals surface area contributed by atoms with Crippen molar-refractivity contribution in [2.45, 2.75) is 6.18 Å². The van der Waals surface area contributed by atoms with Gasteiger partial charge in [0.25, 0.3) is 0 Å². The molecule has 3 aromatic rings. The standard InChI is InChI=1S/C19H18F3N7O/c1-30-17-12-23-11-16(26-17)29-8-6-28(7-9-29)15-10-14(19(20,21)22)25-18(27-15)13-4-2-3-5-24-13/h2-5,10-12H,6-9H2,1H3. The highest BCUT2D eigenvalue weighted by molar-refractivity contribution is 5.55. The quantitative estimate of drug-likeness (QED) is 0.641. The first kappa shape index (κ1) is 19.8. The van der Waals surface area contributed by atoms with Crippen molar-refractivity contribution in [1.29, 1.82) is 0 Å². The van der Waals surface area contributed by atoms with Gasteiger partial charge >= 0.3 is 6.18 Å². The van der Waals surface area contributed by atoms with Gasteiger partial charge in [-0.25, -0.2) is 9.97 Å². The van der Waals surface area contributed by atoms with E-state index in [1.807, 2.05) is 4.90 Å². The maximum Gasteiger partial charge on any atom is 0.433 e. The van der Waals surface area contributed by atoms with Gasteiger partial charge in [-0.1, -0.05) is 6.07 Å². The van der Waals surface area contributed by atoms with Gasteiger partial charge in [0.15, 0.2) is 17.3 Å². The Morgan fingerprint density at radius 1 is 0.933 bits per heavy atom. The average Bonchev–Trinajstić information content (AvgIpc) is 2.79. The molecule has 0 spiro atoms. The van der Waals surface area contributed by atoms with Crippen molar-refractivity contribution < 1.29 is 17.9 Å². The number of methoxy groups -OCH3 is 1. The summed E-state index contributed by atoms with van der Waals surface area (Å²) in [6, 6.07) is 5.92. The summed E-state index contributed by atoms with van der Waals surface area (Å²) in [4.78, 5) is 24.4. The minimum atomic E-state index is -4.58. The van der Waals surface area contributed by atoms with Gasteiger partial charge in [-0.2, -0.15) is 18.2 Å². The molecule has 1 aliphatic heterocycles. The van der Waals surface area contributed by atoms with Crippen LogP contribution in [0.3, 0.4) is 0 Å². The third-order valence-corrected chi connectivity index (χ3v) is 4.63. The zero-order valence-corrected chi connectivity index (χ0v) is 16.0. The van der Waals surface area contributed by atoms with Gasteiger partial charge in [0.2, 0.25) is 5.88 Å². The van der Waals surface area contributed by atoms with Crippen LogP contribution in [0.2, 0.25) is 0 Å². The Labute approximate surface area is 170 Å². The number of rotatable bonds is 4. The molecule has 8 nitrogen and oxygen atoms in total. The third-order valence-electron chi connectivity index (χ3n) is 4.63. The summed E-state index contributed by atoms with van der Waals surface area (Å²) in [6.45, 7) is 2.03. The van der Waals surface area contributed by atoms with Crippen molar-refractivity contribution in [3.05, 3.63) is 48.5 Å². The molecule has 3 aromatic heterocycles. The zero-order valence-electron chi connectivity index (χ0n) is 16.0. The van der Waals surface area contributed by atoms with Crippen LogP contribution in [-0.2, 0) is 6.18 Å². The molecule has 1 fully saturated rings. The second-order valence-electron chi connectivity index (χ2n) is 6.54. The number of hydrogen-bond acceptors (Lipinski definition) is 8. The fourth-order valence-corrected chi connectivity index (χ4v) is 3.10. The molecule has 0 unspecified atom stereocenters. The Bertz CT molecular complexity index is 1010. The normalized spacial score (nSPS) is 14.7. The Balaban J connectivity index is 1.58. The number of halogens is 3. The van der Waals surface area contributed by atoms with Crippen LogP contribution in [0.4, 0.5) is 24.8 Å². The van der Waals surface area contributed by atoms with Crippen LogP contribution >= 0.6 is 0 Å². The van der Waals surface area contributed by atoms with E-state index < -0.39 is 11.9 Å². The van der Waals surface area contributed by atoms with E-state index in [4.69, 9.17) is 4.74 Å². The molecule has 0 bridgehead atoms. The number of nitrogens with zero attached hydrogens (tertiary/aromatic N) is 7. The fourth-order valence-electron chi connectivity index (χ4n) is 3.10. The van der Waals surface area contributed by atoms with Crippen LogP contribution in [0.25, 0.3) is 11.5 Å². The van der Waals surface area contributed by atoms with Gasteiger partial charge in [-0.3, -0.25) is 9.97 Å². The Morgan fingerprint density at radius 3 is 2.30 bits per heavy atom. The van der Waals surface area contributed by atoms with Crippen molar-refractivity contribution in [2.24, 2.45) is 0 Å². The van der Waals surface area contributed by atoms with Gasteiger partial charge in [0.05, 0.1) is 19.5 Å². The molecule has 0 aliphatic carbocycles. The summed E-state index contributed by atoms with van der Waals surface area (Å²) < 4.78 is 45.4. The van der Waals surface area contributed by atoms with Crippen molar-refractivity contribution in [3.63, 3.8) is 0 Å². The van der Waals surface area contributed by atoms with Crippen molar-refractivity contribution in [2.75, 3.05) is 43.1 Å². The minimum Gasteiger partial charge on any atom is -0.480 e. The highest BCUT2D eigenvalue weighted by atomic mass is 19.4. The molecule has 0 aromatic carbocycles. The second-order valence-corrected chi connectivity index (χ2v) is 6.54. The van der Waals surface area contributed by atoms with E-state index >= 15 is 0 Å². The Hall–Kier alpha value is -3.50. The number of aromatic nitrogens is 5. The summed E-state index contributed by atoms with van der Waals surface area (Å²) in [5, 5.41) is 0. The van der Waals surface area contributed by atoms with Crippen LogP contribution in [0.15, 0.2) is 42.9 Å². The molecule has 0 atom stereocenters. The third kappa shape index (κ3) is 4.24. The predicted octanol–water partition coefficient (Wildman–Crippen LogP) is 2.68. The molecule has 0 amide bonds. The lowest BCUT2D eigenvalue weighted by atomic mass is 10.2. The lowest BCUT2D eigenvalue weighted by Gasteiger charge is -2.36. The highest BCUT2D eigenvalue weighted by Crippen LogP contribution is 2.31. The van der Waals surface area contributed by atoms with Crippen LogP contribution < -0.4 is 14.5 Å². The van der Waals surface area contributed by atoms with E-state index in [-0.39, 0.29) is 17.3 Å². The largest absolute Gasteiger partial charge is 0.480 e. The van der Waals surface area contributed by atoms with Crippen molar-refractivity contribution in [3.8, 4) is 17.4 Å². The molecular weight excluding hydrogens is 399 g/mol. The lowest BCUT2D eigenvalue weighted by molar-refractivity contribution is -0.141. The molecule has 0 saturated carbocycles. The van der Waals surface area contributed by atoms with Gasteiger partial charge in [0, 0.05) is 38.4 Å². The molecule has 156 valence electrons. The molecule has 1 aliphatic rings. The Kier molecular flexibility index (Phi) is 5.34. The maximum atomic E-state index is 13.4. The average molecular weight is 417 g/mol. The van der Waals surface area contributed by atoms with E-state index in [1.165, 1.54) is 19.5 Å². The summed E-state index contributed by atoms with van der Waals surface area (Å²) in [7, 11) is 1.51. The van der Waals surface area contributed by atoms with Crippen LogP contribution in [-0.4, -0.2) is 58.2 Å². The van der Waals surface area contributed by atoms with E-state index in [1.54, 1.807) is 29.3 Å². The fraction of sp³-hybridized carbons (Fsp3) is 0.316. The van der Waals surface area contributed by atoms with E-state index in [0.29, 0.717) is 37.9 Å². The number of hydrogen-bond donors (Lipinski definition) is 0. The summed E-state index contributed by atoms with van der Waals surface area (Å²) in [6.07, 6.45) is 0.0496. The molecule has 4 heterocycles. The second kappa shape index (κ2) is 8.09. The van der Waals surface area contributed by atoms with Crippen molar-refractivity contribution in [1.82, 2.24) is 24.9 Å².